The number of hydrogen-bond acceptors (Lipinski definition) is 6. The van der Waals surface area contributed by atoms with E-state index in [1.54, 1.807) is 7.11 Å². The molecule has 3 rings (SSSR count). The summed E-state index contributed by atoms with van der Waals surface area (Å²) >= 11 is 0. The van der Waals surface area contributed by atoms with Gasteiger partial charge in [-0.2, -0.15) is 5.10 Å². The van der Waals surface area contributed by atoms with Crippen LogP contribution >= 0.6 is 0 Å². The SMILES string of the molecule is COCc1cc(CN[C@H]2CCO[C@@H]2c2ccnn2C(C)C)no1. The van der Waals surface area contributed by atoms with Gasteiger partial charge in [0.05, 0.1) is 11.4 Å². The number of methoxy groups -OCH3 is 1. The first-order valence-electron chi connectivity index (χ1n) is 8.01. The van der Waals surface area contributed by atoms with Crippen molar-refractivity contribution in [3.05, 3.63) is 35.5 Å². The van der Waals surface area contributed by atoms with Crippen molar-refractivity contribution in [1.82, 2.24) is 20.3 Å². The monoisotopic (exact) mass is 320 g/mol. The van der Waals surface area contributed by atoms with E-state index in [4.69, 9.17) is 14.0 Å². The summed E-state index contributed by atoms with van der Waals surface area (Å²) in [4.78, 5) is 0. The molecule has 2 aromatic heterocycles. The maximum atomic E-state index is 5.95. The molecule has 1 saturated heterocycles. The van der Waals surface area contributed by atoms with Gasteiger partial charge in [-0.25, -0.2) is 0 Å². The van der Waals surface area contributed by atoms with Gasteiger partial charge >= 0.3 is 0 Å². The Labute approximate surface area is 135 Å². The second-order valence-electron chi connectivity index (χ2n) is 6.08. The summed E-state index contributed by atoms with van der Waals surface area (Å²) in [6.07, 6.45) is 2.82. The van der Waals surface area contributed by atoms with Crippen LogP contribution in [0.5, 0.6) is 0 Å². The molecule has 0 aromatic carbocycles. The quantitative estimate of drug-likeness (QED) is 0.843. The first-order valence-corrected chi connectivity index (χ1v) is 8.01. The van der Waals surface area contributed by atoms with Gasteiger partial charge < -0.3 is 19.3 Å². The number of ether oxygens (including phenoxy) is 2. The molecule has 0 spiro atoms. The summed E-state index contributed by atoms with van der Waals surface area (Å²) in [6, 6.07) is 4.51. The lowest BCUT2D eigenvalue weighted by Crippen LogP contribution is -2.32. The molecule has 1 N–H and O–H groups in total. The Hall–Kier alpha value is -1.70. The second kappa shape index (κ2) is 7.25. The van der Waals surface area contributed by atoms with Gasteiger partial charge in [0.1, 0.15) is 12.7 Å². The zero-order valence-electron chi connectivity index (χ0n) is 13.9. The largest absolute Gasteiger partial charge is 0.377 e. The third-order valence-electron chi connectivity index (χ3n) is 4.01. The number of nitrogens with zero attached hydrogens (tertiary/aromatic N) is 3. The molecule has 0 saturated carbocycles. The molecule has 1 fully saturated rings. The molecule has 23 heavy (non-hydrogen) atoms. The highest BCUT2D eigenvalue weighted by Crippen LogP contribution is 2.30. The molecule has 2 aromatic rings. The first-order chi connectivity index (χ1) is 11.2. The van der Waals surface area contributed by atoms with Gasteiger partial charge in [0, 0.05) is 44.6 Å². The van der Waals surface area contributed by atoms with Crippen LogP contribution in [0.2, 0.25) is 0 Å². The fourth-order valence-corrected chi connectivity index (χ4v) is 2.96. The van der Waals surface area contributed by atoms with Crippen LogP contribution in [-0.4, -0.2) is 34.7 Å². The standard InChI is InChI=1S/C16H24N4O3/c1-11(2)20-15(4-6-18-20)16-14(5-7-22-16)17-9-12-8-13(10-21-3)23-19-12/h4,6,8,11,14,16-17H,5,7,9-10H2,1-3H3/t14-,16-/m0/s1. The topological polar surface area (TPSA) is 74.3 Å². The van der Waals surface area contributed by atoms with E-state index in [1.807, 2.05) is 23.0 Å². The Bertz CT molecular complexity index is 622. The Morgan fingerprint density at radius 2 is 2.35 bits per heavy atom. The molecule has 1 aliphatic heterocycles. The summed E-state index contributed by atoms with van der Waals surface area (Å²) in [7, 11) is 1.64. The maximum absolute atomic E-state index is 5.95. The van der Waals surface area contributed by atoms with Crippen molar-refractivity contribution in [1.29, 1.82) is 0 Å². The van der Waals surface area contributed by atoms with Crippen LogP contribution in [-0.2, 0) is 22.6 Å². The number of nitrogens with one attached hydrogen (secondary N) is 1. The minimum Gasteiger partial charge on any atom is -0.377 e. The smallest absolute Gasteiger partial charge is 0.162 e. The summed E-state index contributed by atoms with van der Waals surface area (Å²) < 4.78 is 18.2. The van der Waals surface area contributed by atoms with Crippen LogP contribution in [0.4, 0.5) is 0 Å². The van der Waals surface area contributed by atoms with E-state index in [0.29, 0.717) is 19.2 Å². The van der Waals surface area contributed by atoms with E-state index < -0.39 is 0 Å². The summed E-state index contributed by atoms with van der Waals surface area (Å²) in [6.45, 7) is 6.09. The van der Waals surface area contributed by atoms with Gasteiger partial charge in [0.25, 0.3) is 0 Å². The van der Waals surface area contributed by atoms with Gasteiger partial charge in [-0.05, 0) is 26.3 Å². The summed E-state index contributed by atoms with van der Waals surface area (Å²) in [5.41, 5.74) is 2.00. The number of hydrogen-bond donors (Lipinski definition) is 1. The highest BCUT2D eigenvalue weighted by Gasteiger charge is 2.32. The third-order valence-corrected chi connectivity index (χ3v) is 4.01. The zero-order valence-corrected chi connectivity index (χ0v) is 13.9. The average molecular weight is 320 g/mol. The predicted molar refractivity (Wildman–Crippen MR) is 83.8 cm³/mol. The lowest BCUT2D eigenvalue weighted by molar-refractivity contribution is 0.0897. The van der Waals surface area contributed by atoms with E-state index in [2.05, 4.69) is 29.4 Å². The summed E-state index contributed by atoms with van der Waals surface area (Å²) in [5, 5.41) is 12.0. The molecular weight excluding hydrogens is 296 g/mol. The fraction of sp³-hybridized carbons (Fsp3) is 0.625. The Morgan fingerprint density at radius 1 is 1.48 bits per heavy atom. The van der Waals surface area contributed by atoms with Crippen LogP contribution in [0, 0.1) is 0 Å². The molecule has 0 bridgehead atoms. The average Bonchev–Trinajstić information content (AvgIpc) is 3.25. The predicted octanol–water partition coefficient (Wildman–Crippen LogP) is 2.22. The van der Waals surface area contributed by atoms with E-state index in [0.717, 1.165) is 30.2 Å². The molecule has 3 heterocycles. The molecule has 0 aliphatic carbocycles. The Kier molecular flexibility index (Phi) is 5.09. The molecule has 126 valence electrons. The third kappa shape index (κ3) is 3.63. The number of rotatable bonds is 7. The van der Waals surface area contributed by atoms with Crippen molar-refractivity contribution in [2.75, 3.05) is 13.7 Å². The zero-order chi connectivity index (χ0) is 16.2. The summed E-state index contributed by atoms with van der Waals surface area (Å²) in [5.74, 6) is 0.737. The van der Waals surface area contributed by atoms with Crippen molar-refractivity contribution in [3.63, 3.8) is 0 Å². The van der Waals surface area contributed by atoms with Crippen molar-refractivity contribution in [2.45, 2.75) is 51.6 Å². The minimum atomic E-state index is 0.0187. The van der Waals surface area contributed by atoms with Crippen molar-refractivity contribution < 1.29 is 14.0 Å². The van der Waals surface area contributed by atoms with Crippen LogP contribution in [0.15, 0.2) is 22.9 Å². The van der Waals surface area contributed by atoms with E-state index in [-0.39, 0.29) is 12.1 Å². The van der Waals surface area contributed by atoms with Gasteiger partial charge in [-0.1, -0.05) is 5.16 Å². The lowest BCUT2D eigenvalue weighted by Gasteiger charge is -2.22. The van der Waals surface area contributed by atoms with Crippen molar-refractivity contribution in [3.8, 4) is 0 Å². The highest BCUT2D eigenvalue weighted by atomic mass is 16.5. The van der Waals surface area contributed by atoms with Gasteiger partial charge in [0.2, 0.25) is 0 Å². The molecule has 0 unspecified atom stereocenters. The van der Waals surface area contributed by atoms with Crippen molar-refractivity contribution in [2.24, 2.45) is 0 Å². The molecule has 0 radical (unpaired) electrons. The molecule has 0 amide bonds. The van der Waals surface area contributed by atoms with Crippen molar-refractivity contribution >= 4 is 0 Å². The highest BCUT2D eigenvalue weighted by molar-refractivity contribution is 5.11. The van der Waals surface area contributed by atoms with Crippen LogP contribution < -0.4 is 5.32 Å². The Balaban J connectivity index is 1.63. The molecule has 2 atom stereocenters. The molecule has 7 nitrogen and oxygen atoms in total. The molecule has 7 heteroatoms. The van der Waals surface area contributed by atoms with Crippen LogP contribution in [0.25, 0.3) is 0 Å². The fourth-order valence-electron chi connectivity index (χ4n) is 2.96. The number of aromatic nitrogens is 3. The molecule has 1 aliphatic rings. The molecular formula is C16H24N4O3. The van der Waals surface area contributed by atoms with Gasteiger partial charge in [0.15, 0.2) is 5.76 Å². The van der Waals surface area contributed by atoms with Crippen LogP contribution in [0.1, 0.15) is 49.6 Å². The maximum Gasteiger partial charge on any atom is 0.162 e. The van der Waals surface area contributed by atoms with Gasteiger partial charge in [-0.3, -0.25) is 4.68 Å². The minimum absolute atomic E-state index is 0.0187. The second-order valence-corrected chi connectivity index (χ2v) is 6.08. The lowest BCUT2D eigenvalue weighted by atomic mass is 10.1. The van der Waals surface area contributed by atoms with E-state index in [1.165, 1.54) is 0 Å². The van der Waals surface area contributed by atoms with Gasteiger partial charge in [-0.15, -0.1) is 0 Å². The van der Waals surface area contributed by atoms with E-state index in [9.17, 15) is 0 Å². The van der Waals surface area contributed by atoms with E-state index >= 15 is 0 Å². The first kappa shape index (κ1) is 16.2. The normalized spacial score (nSPS) is 21.4. The Morgan fingerprint density at radius 3 is 3.13 bits per heavy atom. The van der Waals surface area contributed by atoms with Crippen LogP contribution in [0.3, 0.4) is 0 Å².